The van der Waals surface area contributed by atoms with Crippen LogP contribution in [0.4, 0.5) is 0 Å². The van der Waals surface area contributed by atoms with E-state index in [0.29, 0.717) is 0 Å². The Balaban J connectivity index is 0.000000144. The predicted molar refractivity (Wildman–Crippen MR) is 56.0 cm³/mol. The van der Waals surface area contributed by atoms with Crippen molar-refractivity contribution in [2.75, 3.05) is 0 Å². The molecule has 0 atom stereocenters. The van der Waals surface area contributed by atoms with Crippen LogP contribution in [0.25, 0.3) is 10.9 Å². The first kappa shape index (κ1) is 9.33. The minimum Gasteiger partial charge on any atom is -0.431 e. The summed E-state index contributed by atoms with van der Waals surface area (Å²) in [5.41, 5.74) is 1.06. The zero-order valence-electron chi connectivity index (χ0n) is 7.95. The molecule has 0 saturated carbocycles. The molecule has 4 nitrogen and oxygen atoms in total. The number of benzene rings is 1. The van der Waals surface area contributed by atoms with Gasteiger partial charge in [0.2, 0.25) is 12.8 Å². The van der Waals surface area contributed by atoms with Gasteiger partial charge in [0.15, 0.2) is 0 Å². The van der Waals surface area contributed by atoms with Crippen LogP contribution < -0.4 is 0 Å². The van der Waals surface area contributed by atoms with E-state index in [1.54, 1.807) is 0 Å². The van der Waals surface area contributed by atoms with Gasteiger partial charge in [-0.1, -0.05) is 24.3 Å². The quantitative estimate of drug-likeness (QED) is 0.557. The fourth-order valence-corrected chi connectivity index (χ4v) is 1.15. The highest BCUT2D eigenvalue weighted by molar-refractivity contribution is 5.77. The number of nitrogens with zero attached hydrogens (tertiary/aromatic N) is 3. The van der Waals surface area contributed by atoms with Gasteiger partial charge in [-0.2, -0.15) is 0 Å². The Morgan fingerprint density at radius 1 is 0.867 bits per heavy atom. The highest BCUT2D eigenvalue weighted by atomic mass is 16.3. The van der Waals surface area contributed by atoms with E-state index in [0.717, 1.165) is 5.52 Å². The van der Waals surface area contributed by atoms with E-state index in [1.165, 1.54) is 18.2 Å². The summed E-state index contributed by atoms with van der Waals surface area (Å²) in [6.07, 6.45) is 4.34. The third-order valence-corrected chi connectivity index (χ3v) is 1.79. The fourth-order valence-electron chi connectivity index (χ4n) is 1.15. The number of aromatic nitrogens is 3. The molecule has 0 saturated heterocycles. The second kappa shape index (κ2) is 4.85. The summed E-state index contributed by atoms with van der Waals surface area (Å²) in [7, 11) is 0. The van der Waals surface area contributed by atoms with Crippen LogP contribution in [0, 0.1) is 0 Å². The monoisotopic (exact) mass is 199 g/mol. The Morgan fingerprint density at radius 3 is 2.27 bits per heavy atom. The second-order valence-electron chi connectivity index (χ2n) is 2.77. The molecule has 0 aliphatic carbocycles. The van der Waals surface area contributed by atoms with Crippen molar-refractivity contribution in [1.82, 2.24) is 15.2 Å². The van der Waals surface area contributed by atoms with E-state index in [2.05, 4.69) is 31.7 Å². The summed E-state index contributed by atoms with van der Waals surface area (Å²) in [4.78, 5) is 4.18. The zero-order chi connectivity index (χ0) is 10.3. The topological polar surface area (TPSA) is 51.8 Å². The van der Waals surface area contributed by atoms with Gasteiger partial charge in [-0.25, -0.2) is 0 Å². The van der Waals surface area contributed by atoms with E-state index in [4.69, 9.17) is 0 Å². The van der Waals surface area contributed by atoms with Gasteiger partial charge in [-0.15, -0.1) is 10.2 Å². The van der Waals surface area contributed by atoms with Gasteiger partial charge in [0.1, 0.15) is 0 Å². The number of pyridine rings is 1. The lowest BCUT2D eigenvalue weighted by atomic mass is 10.2. The van der Waals surface area contributed by atoms with Crippen LogP contribution in [-0.2, 0) is 0 Å². The Morgan fingerprint density at radius 2 is 1.60 bits per heavy atom. The lowest BCUT2D eigenvalue weighted by Gasteiger charge is -1.91. The summed E-state index contributed by atoms with van der Waals surface area (Å²) in [5, 5.41) is 7.81. The summed E-state index contributed by atoms with van der Waals surface area (Å²) in [6.45, 7) is 0. The smallest absolute Gasteiger partial charge is 0.203 e. The molecule has 2 heterocycles. The Labute approximate surface area is 86.6 Å². The number of hydrogen-bond donors (Lipinski definition) is 0. The fraction of sp³-hybridized carbons (Fsp3) is 0. The second-order valence-corrected chi connectivity index (χ2v) is 2.77. The molecule has 2 aromatic heterocycles. The molecule has 0 N–H and O–H groups in total. The van der Waals surface area contributed by atoms with Gasteiger partial charge in [0.25, 0.3) is 0 Å². The molecule has 0 aliphatic heterocycles. The number of rotatable bonds is 0. The molecule has 1 aromatic carbocycles. The van der Waals surface area contributed by atoms with E-state index >= 15 is 0 Å². The molecule has 4 heteroatoms. The average molecular weight is 199 g/mol. The number of hydrogen-bond acceptors (Lipinski definition) is 4. The van der Waals surface area contributed by atoms with Gasteiger partial charge in [-0.3, -0.25) is 4.98 Å². The highest BCUT2D eigenvalue weighted by Crippen LogP contribution is 2.07. The van der Waals surface area contributed by atoms with Crippen LogP contribution in [0.5, 0.6) is 0 Å². The third kappa shape index (κ3) is 2.60. The normalized spacial score (nSPS) is 9.33. The molecule has 0 aliphatic rings. The van der Waals surface area contributed by atoms with Crippen molar-refractivity contribution >= 4 is 10.9 Å². The average Bonchev–Trinajstić information content (AvgIpc) is 2.88. The van der Waals surface area contributed by atoms with Crippen LogP contribution in [0.3, 0.4) is 0 Å². The van der Waals surface area contributed by atoms with Crippen molar-refractivity contribution in [2.24, 2.45) is 0 Å². The van der Waals surface area contributed by atoms with Crippen molar-refractivity contribution in [3.05, 3.63) is 55.4 Å². The maximum atomic E-state index is 4.36. The lowest BCUT2D eigenvalue weighted by molar-refractivity contribution is 0.553. The van der Waals surface area contributed by atoms with Gasteiger partial charge < -0.3 is 4.42 Å². The van der Waals surface area contributed by atoms with E-state index in [-0.39, 0.29) is 0 Å². The lowest BCUT2D eigenvalue weighted by Crippen LogP contribution is -1.73. The zero-order valence-corrected chi connectivity index (χ0v) is 7.95. The summed E-state index contributed by atoms with van der Waals surface area (Å²) < 4.78 is 4.36. The van der Waals surface area contributed by atoms with Crippen LogP contribution in [0.15, 0.2) is 59.8 Å². The van der Waals surface area contributed by atoms with Gasteiger partial charge in [0, 0.05) is 11.6 Å². The Bertz CT molecular complexity index is 425. The van der Waals surface area contributed by atoms with Crippen molar-refractivity contribution in [3.8, 4) is 0 Å². The molecule has 0 fully saturated rings. The largest absolute Gasteiger partial charge is 0.431 e. The molecule has 74 valence electrons. The molecule has 0 bridgehead atoms. The van der Waals surface area contributed by atoms with Crippen LogP contribution in [-0.4, -0.2) is 15.2 Å². The minimum absolute atomic E-state index is 1.06. The van der Waals surface area contributed by atoms with Crippen LogP contribution >= 0.6 is 0 Å². The molecule has 0 radical (unpaired) electrons. The third-order valence-electron chi connectivity index (χ3n) is 1.79. The van der Waals surface area contributed by atoms with Gasteiger partial charge in [-0.05, 0) is 12.1 Å². The number of para-hydroxylation sites is 1. The minimum atomic E-state index is 1.06. The molecular weight excluding hydrogens is 190 g/mol. The SMILES string of the molecule is c1ccc2ncccc2c1.c1nnco1. The first-order valence-corrected chi connectivity index (χ1v) is 4.45. The highest BCUT2D eigenvalue weighted by Gasteiger charge is 1.86. The first-order chi connectivity index (χ1) is 7.47. The van der Waals surface area contributed by atoms with E-state index in [1.807, 2.05) is 30.5 Å². The Hall–Kier alpha value is -2.23. The predicted octanol–water partition coefficient (Wildman–Crippen LogP) is 2.30. The van der Waals surface area contributed by atoms with Crippen LogP contribution in [0.2, 0.25) is 0 Å². The molecule has 0 unspecified atom stereocenters. The standard InChI is InChI=1S/C9H7N.C2H2N2O/c1-2-6-9-8(4-1)5-3-7-10-9;1-3-4-2-5-1/h1-7H;1-2H. The Kier molecular flexibility index (Phi) is 3.02. The molecular formula is C11H9N3O. The maximum absolute atomic E-state index is 4.36. The first-order valence-electron chi connectivity index (χ1n) is 4.45. The van der Waals surface area contributed by atoms with Crippen molar-refractivity contribution < 1.29 is 4.42 Å². The molecule has 0 spiro atoms. The van der Waals surface area contributed by atoms with Crippen LogP contribution in [0.1, 0.15) is 0 Å². The van der Waals surface area contributed by atoms with Crippen molar-refractivity contribution in [2.45, 2.75) is 0 Å². The molecule has 15 heavy (non-hydrogen) atoms. The maximum Gasteiger partial charge on any atom is 0.203 e. The molecule has 0 amide bonds. The van der Waals surface area contributed by atoms with Crippen molar-refractivity contribution in [3.63, 3.8) is 0 Å². The van der Waals surface area contributed by atoms with E-state index < -0.39 is 0 Å². The summed E-state index contributed by atoms with van der Waals surface area (Å²) in [5.74, 6) is 0. The molecule has 3 aromatic rings. The van der Waals surface area contributed by atoms with E-state index in [9.17, 15) is 0 Å². The van der Waals surface area contributed by atoms with Gasteiger partial charge >= 0.3 is 0 Å². The molecule has 3 rings (SSSR count). The number of fused-ring (bicyclic) bond motifs is 1. The summed E-state index contributed by atoms with van der Waals surface area (Å²) >= 11 is 0. The van der Waals surface area contributed by atoms with Gasteiger partial charge in [0.05, 0.1) is 5.52 Å². The van der Waals surface area contributed by atoms with Crippen molar-refractivity contribution in [1.29, 1.82) is 0 Å². The summed E-state index contributed by atoms with van der Waals surface area (Å²) in [6, 6.07) is 12.1.